The van der Waals surface area contributed by atoms with Crippen LogP contribution < -0.4 is 5.56 Å². The zero-order chi connectivity index (χ0) is 18.0. The van der Waals surface area contributed by atoms with Crippen molar-refractivity contribution in [1.82, 2.24) is 14.7 Å². The second-order valence-electron chi connectivity index (χ2n) is 5.94. The zero-order valence-corrected chi connectivity index (χ0v) is 14.8. The quantitative estimate of drug-likeness (QED) is 0.723. The summed E-state index contributed by atoms with van der Waals surface area (Å²) in [7, 11) is 1.69. The third-order valence-electron chi connectivity index (χ3n) is 4.13. The number of hydrogen-bond donors (Lipinski definition) is 0. The largest absolute Gasteiger partial charge is 0.340 e. The van der Waals surface area contributed by atoms with Crippen molar-refractivity contribution < 1.29 is 4.79 Å². The van der Waals surface area contributed by atoms with Crippen molar-refractivity contribution in [3.05, 3.63) is 75.2 Å². The molecular formula is C19H18ClN3O2. The lowest BCUT2D eigenvalue weighted by atomic mass is 10.1. The Morgan fingerprint density at radius 2 is 1.76 bits per heavy atom. The fraction of sp³-hybridized carbons (Fsp3) is 0.211. The van der Waals surface area contributed by atoms with Gasteiger partial charge in [-0.1, -0.05) is 48.0 Å². The van der Waals surface area contributed by atoms with Crippen LogP contribution in [0.15, 0.2) is 53.3 Å². The molecule has 1 heterocycles. The summed E-state index contributed by atoms with van der Waals surface area (Å²) in [5.74, 6) is -0.204. The highest BCUT2D eigenvalue weighted by Crippen LogP contribution is 2.16. The number of fused-ring (bicyclic) bond motifs is 1. The van der Waals surface area contributed by atoms with Gasteiger partial charge < -0.3 is 4.90 Å². The predicted molar refractivity (Wildman–Crippen MR) is 98.7 cm³/mol. The van der Waals surface area contributed by atoms with Gasteiger partial charge in [-0.15, -0.1) is 0 Å². The number of aryl methyl sites for hydroxylation is 1. The third-order valence-corrected chi connectivity index (χ3v) is 4.50. The number of carbonyl (C=O) groups is 1. The van der Waals surface area contributed by atoms with E-state index in [0.29, 0.717) is 17.0 Å². The number of likely N-dealkylation sites (N-methyl/N-ethyl adjacent to an activating group) is 1. The van der Waals surface area contributed by atoms with E-state index in [1.165, 1.54) is 4.68 Å². The van der Waals surface area contributed by atoms with E-state index in [4.69, 9.17) is 11.6 Å². The Morgan fingerprint density at radius 3 is 2.48 bits per heavy atom. The van der Waals surface area contributed by atoms with Gasteiger partial charge in [0, 0.05) is 24.0 Å². The van der Waals surface area contributed by atoms with Crippen molar-refractivity contribution in [2.24, 2.45) is 0 Å². The average Bonchev–Trinajstić information content (AvgIpc) is 2.61. The molecule has 0 radical (unpaired) electrons. The minimum atomic E-state index is -0.263. The van der Waals surface area contributed by atoms with Crippen molar-refractivity contribution in [3.8, 4) is 0 Å². The Bertz CT molecular complexity index is 997. The lowest BCUT2D eigenvalue weighted by Crippen LogP contribution is -2.35. The normalized spacial score (nSPS) is 10.8. The van der Waals surface area contributed by atoms with Crippen molar-refractivity contribution in [3.63, 3.8) is 0 Å². The number of halogens is 1. The van der Waals surface area contributed by atoms with E-state index in [2.05, 4.69) is 5.10 Å². The summed E-state index contributed by atoms with van der Waals surface area (Å²) in [6, 6.07) is 14.6. The van der Waals surface area contributed by atoms with E-state index in [1.54, 1.807) is 30.1 Å². The van der Waals surface area contributed by atoms with Crippen molar-refractivity contribution >= 4 is 28.3 Å². The van der Waals surface area contributed by atoms with Gasteiger partial charge >= 0.3 is 0 Å². The average molecular weight is 356 g/mol. The summed E-state index contributed by atoms with van der Waals surface area (Å²) < 4.78 is 1.23. The number of rotatable bonds is 4. The first-order valence-electron chi connectivity index (χ1n) is 7.91. The first-order valence-corrected chi connectivity index (χ1v) is 8.29. The fourth-order valence-corrected chi connectivity index (χ4v) is 2.93. The maximum atomic E-state index is 12.6. The van der Waals surface area contributed by atoms with Crippen LogP contribution in [0.25, 0.3) is 10.8 Å². The Kier molecular flexibility index (Phi) is 4.86. The Morgan fingerprint density at radius 1 is 1.12 bits per heavy atom. The standard InChI is InChI=1S/C19H18ClN3O2/c1-13-15-8-4-5-9-16(15)19(25)23(21-13)12-18(24)22(2)11-14-7-3-6-10-17(14)20/h3-10H,11-12H2,1-2H3. The molecule has 0 spiro atoms. The number of carbonyl (C=O) groups excluding carboxylic acids is 1. The smallest absolute Gasteiger partial charge is 0.275 e. The molecule has 3 rings (SSSR count). The molecule has 0 fully saturated rings. The lowest BCUT2D eigenvalue weighted by molar-refractivity contribution is -0.131. The molecule has 6 heteroatoms. The van der Waals surface area contributed by atoms with Crippen LogP contribution in [0.4, 0.5) is 0 Å². The minimum Gasteiger partial charge on any atom is -0.340 e. The van der Waals surface area contributed by atoms with Crippen LogP contribution in [0.2, 0.25) is 5.02 Å². The molecule has 0 unspecified atom stereocenters. The van der Waals surface area contributed by atoms with Gasteiger partial charge in [-0.05, 0) is 24.6 Å². The van der Waals surface area contributed by atoms with E-state index >= 15 is 0 Å². The highest BCUT2D eigenvalue weighted by Gasteiger charge is 2.15. The second-order valence-corrected chi connectivity index (χ2v) is 6.34. The molecule has 3 aromatic rings. The molecular weight excluding hydrogens is 338 g/mol. The highest BCUT2D eigenvalue weighted by molar-refractivity contribution is 6.31. The molecule has 0 aliphatic rings. The van der Waals surface area contributed by atoms with Gasteiger partial charge in [0.15, 0.2) is 0 Å². The van der Waals surface area contributed by atoms with Crippen LogP contribution in [0.1, 0.15) is 11.3 Å². The summed E-state index contributed by atoms with van der Waals surface area (Å²) in [6.45, 7) is 2.10. The molecule has 0 aliphatic heterocycles. The van der Waals surface area contributed by atoms with E-state index in [1.807, 2.05) is 37.3 Å². The van der Waals surface area contributed by atoms with Gasteiger partial charge in [-0.25, -0.2) is 4.68 Å². The topological polar surface area (TPSA) is 55.2 Å². The van der Waals surface area contributed by atoms with Crippen molar-refractivity contribution in [1.29, 1.82) is 0 Å². The minimum absolute atomic E-state index is 0.106. The van der Waals surface area contributed by atoms with Gasteiger partial charge in [0.05, 0.1) is 11.1 Å². The monoisotopic (exact) mass is 355 g/mol. The molecule has 5 nitrogen and oxygen atoms in total. The van der Waals surface area contributed by atoms with Crippen LogP contribution in [-0.4, -0.2) is 27.6 Å². The molecule has 1 aromatic heterocycles. The molecule has 0 N–H and O–H groups in total. The van der Waals surface area contributed by atoms with Gasteiger partial charge in [0.1, 0.15) is 6.54 Å². The van der Waals surface area contributed by atoms with E-state index in [-0.39, 0.29) is 18.0 Å². The third kappa shape index (κ3) is 3.56. The van der Waals surface area contributed by atoms with Crippen LogP contribution in [0.3, 0.4) is 0 Å². The van der Waals surface area contributed by atoms with Crippen LogP contribution >= 0.6 is 11.6 Å². The van der Waals surface area contributed by atoms with E-state index in [9.17, 15) is 9.59 Å². The van der Waals surface area contributed by atoms with Gasteiger partial charge in [0.2, 0.25) is 5.91 Å². The fourth-order valence-electron chi connectivity index (χ4n) is 2.73. The number of hydrogen-bond acceptors (Lipinski definition) is 3. The lowest BCUT2D eigenvalue weighted by Gasteiger charge is -2.18. The second kappa shape index (κ2) is 7.07. The molecule has 25 heavy (non-hydrogen) atoms. The Balaban J connectivity index is 1.83. The van der Waals surface area contributed by atoms with Crippen LogP contribution in [-0.2, 0) is 17.9 Å². The maximum Gasteiger partial charge on any atom is 0.275 e. The molecule has 0 aliphatic carbocycles. The summed E-state index contributed by atoms with van der Waals surface area (Å²) in [5, 5.41) is 6.26. The Hall–Kier alpha value is -2.66. The van der Waals surface area contributed by atoms with Gasteiger partial charge in [0.25, 0.3) is 5.56 Å². The van der Waals surface area contributed by atoms with Crippen molar-refractivity contribution in [2.75, 3.05) is 7.05 Å². The van der Waals surface area contributed by atoms with Gasteiger partial charge in [-0.3, -0.25) is 9.59 Å². The van der Waals surface area contributed by atoms with E-state index < -0.39 is 0 Å². The van der Waals surface area contributed by atoms with Crippen molar-refractivity contribution in [2.45, 2.75) is 20.0 Å². The maximum absolute atomic E-state index is 12.6. The number of aromatic nitrogens is 2. The first-order chi connectivity index (χ1) is 12.0. The van der Waals surface area contributed by atoms with Crippen LogP contribution in [0.5, 0.6) is 0 Å². The number of benzene rings is 2. The van der Waals surface area contributed by atoms with Crippen LogP contribution in [0, 0.1) is 6.92 Å². The SMILES string of the molecule is Cc1nn(CC(=O)N(C)Cc2ccccc2Cl)c(=O)c2ccccc12. The summed E-state index contributed by atoms with van der Waals surface area (Å²) >= 11 is 6.14. The number of nitrogens with zero attached hydrogens (tertiary/aromatic N) is 3. The first kappa shape index (κ1) is 17.2. The predicted octanol–water partition coefficient (Wildman–Crippen LogP) is 3.02. The molecule has 0 bridgehead atoms. The molecule has 0 saturated heterocycles. The summed E-state index contributed by atoms with van der Waals surface area (Å²) in [4.78, 5) is 26.6. The molecule has 128 valence electrons. The summed E-state index contributed by atoms with van der Waals surface area (Å²) in [5.41, 5.74) is 1.31. The summed E-state index contributed by atoms with van der Waals surface area (Å²) in [6.07, 6.45) is 0. The molecule has 1 amide bonds. The highest BCUT2D eigenvalue weighted by atomic mass is 35.5. The molecule has 0 saturated carbocycles. The van der Waals surface area contributed by atoms with E-state index in [0.717, 1.165) is 16.6 Å². The van der Waals surface area contributed by atoms with Gasteiger partial charge in [-0.2, -0.15) is 5.10 Å². The zero-order valence-electron chi connectivity index (χ0n) is 14.1. The molecule has 0 atom stereocenters. The number of amides is 1. The Labute approximate surface area is 150 Å². The molecule has 2 aromatic carbocycles.